The van der Waals surface area contributed by atoms with Gasteiger partial charge in [-0.25, -0.2) is 0 Å². The second-order valence-corrected chi connectivity index (χ2v) is 7.26. The molecule has 6 heteroatoms. The number of carbonyl (C=O) groups is 2. The molecule has 1 heterocycles. The predicted octanol–water partition coefficient (Wildman–Crippen LogP) is 5.00. The van der Waals surface area contributed by atoms with Gasteiger partial charge in [0.15, 0.2) is 17.3 Å². The molecule has 1 aromatic heterocycles. The van der Waals surface area contributed by atoms with Crippen LogP contribution in [0.15, 0.2) is 78.9 Å². The number of aromatic hydroxyl groups is 2. The molecule has 0 bridgehead atoms. The van der Waals surface area contributed by atoms with Crippen molar-refractivity contribution in [3.05, 3.63) is 95.6 Å². The summed E-state index contributed by atoms with van der Waals surface area (Å²) in [5.74, 6) is -0.872. The van der Waals surface area contributed by atoms with E-state index in [0.29, 0.717) is 33.8 Å². The summed E-state index contributed by atoms with van der Waals surface area (Å²) in [6.45, 7) is 1.47. The number of hydrogen-bond donors (Lipinski definition) is 2. The summed E-state index contributed by atoms with van der Waals surface area (Å²) in [5.41, 5.74) is 2.27. The second-order valence-electron chi connectivity index (χ2n) is 7.26. The van der Waals surface area contributed by atoms with Crippen LogP contribution in [0.25, 0.3) is 16.9 Å². The normalized spacial score (nSPS) is 10.7. The van der Waals surface area contributed by atoms with E-state index in [-0.39, 0.29) is 11.3 Å². The van der Waals surface area contributed by atoms with Crippen molar-refractivity contribution in [2.45, 2.75) is 6.92 Å². The number of nitrogens with zero attached hydrogens (tertiary/aromatic N) is 1. The van der Waals surface area contributed by atoms with Gasteiger partial charge in [-0.05, 0) is 61.0 Å². The van der Waals surface area contributed by atoms with E-state index in [1.54, 1.807) is 86.0 Å². The maximum absolute atomic E-state index is 13.4. The summed E-state index contributed by atoms with van der Waals surface area (Å²) in [5, 5.41) is 21.7. The first-order valence-corrected chi connectivity index (χ1v) is 9.94. The molecular weight excluding hydrogens is 406 g/mol. The van der Waals surface area contributed by atoms with Gasteiger partial charge in [-0.15, -0.1) is 0 Å². The lowest BCUT2D eigenvalue weighted by Crippen LogP contribution is -2.05. The summed E-state index contributed by atoms with van der Waals surface area (Å²) in [4.78, 5) is 25.0. The van der Waals surface area contributed by atoms with Crippen LogP contribution in [0, 0.1) is 0 Å². The molecule has 6 nitrogen and oxygen atoms in total. The van der Waals surface area contributed by atoms with E-state index < -0.39 is 17.4 Å². The molecule has 160 valence electrons. The number of Topliss-reactive ketones (excluding diaryl/α,β-unsaturated/α-hetero) is 1. The van der Waals surface area contributed by atoms with Gasteiger partial charge in [0.1, 0.15) is 5.75 Å². The van der Waals surface area contributed by atoms with Gasteiger partial charge >= 0.3 is 0 Å². The van der Waals surface area contributed by atoms with Crippen LogP contribution in [0.5, 0.6) is 17.4 Å². The van der Waals surface area contributed by atoms with Gasteiger partial charge in [-0.2, -0.15) is 0 Å². The van der Waals surface area contributed by atoms with Gasteiger partial charge in [-0.1, -0.05) is 30.3 Å². The molecule has 0 fully saturated rings. The molecule has 0 aliphatic rings. The molecule has 0 atom stereocenters. The third-order valence-electron chi connectivity index (χ3n) is 5.28. The van der Waals surface area contributed by atoms with Gasteiger partial charge in [0.05, 0.1) is 18.4 Å². The van der Waals surface area contributed by atoms with Crippen molar-refractivity contribution in [2.75, 3.05) is 7.11 Å². The first-order chi connectivity index (χ1) is 15.4. The van der Waals surface area contributed by atoms with Crippen molar-refractivity contribution in [1.29, 1.82) is 0 Å². The Balaban J connectivity index is 1.98. The van der Waals surface area contributed by atoms with Crippen LogP contribution in [0.1, 0.15) is 33.2 Å². The van der Waals surface area contributed by atoms with Crippen LogP contribution >= 0.6 is 0 Å². The quantitative estimate of drug-likeness (QED) is 0.423. The number of aromatic nitrogens is 1. The molecule has 32 heavy (non-hydrogen) atoms. The number of hydrogen-bond acceptors (Lipinski definition) is 5. The smallest absolute Gasteiger partial charge is 0.240 e. The molecule has 0 amide bonds. The predicted molar refractivity (Wildman–Crippen MR) is 121 cm³/mol. The zero-order valence-corrected chi connectivity index (χ0v) is 17.6. The van der Waals surface area contributed by atoms with Gasteiger partial charge in [0.2, 0.25) is 5.88 Å². The molecule has 4 rings (SSSR count). The fourth-order valence-corrected chi connectivity index (χ4v) is 3.62. The second kappa shape index (κ2) is 8.43. The molecule has 0 spiro atoms. The minimum Gasteiger partial charge on any atom is -0.503 e. The number of rotatable bonds is 6. The van der Waals surface area contributed by atoms with E-state index in [1.807, 2.05) is 0 Å². The zero-order valence-electron chi connectivity index (χ0n) is 17.6. The van der Waals surface area contributed by atoms with Crippen molar-refractivity contribution in [3.8, 4) is 34.3 Å². The van der Waals surface area contributed by atoms with Gasteiger partial charge < -0.3 is 14.9 Å². The van der Waals surface area contributed by atoms with Crippen molar-refractivity contribution in [1.82, 2.24) is 4.57 Å². The van der Waals surface area contributed by atoms with E-state index in [0.717, 1.165) is 0 Å². The molecule has 2 N–H and O–H groups in total. The minimum atomic E-state index is -0.514. The first-order valence-electron chi connectivity index (χ1n) is 9.94. The average molecular weight is 427 g/mol. The molecule has 0 saturated carbocycles. The minimum absolute atomic E-state index is 0.0190. The topological polar surface area (TPSA) is 88.8 Å². The monoisotopic (exact) mass is 427 g/mol. The third-order valence-corrected chi connectivity index (χ3v) is 5.28. The molecule has 0 saturated heterocycles. The van der Waals surface area contributed by atoms with E-state index >= 15 is 0 Å². The first kappa shape index (κ1) is 20.9. The summed E-state index contributed by atoms with van der Waals surface area (Å²) < 4.78 is 6.63. The molecule has 0 unspecified atom stereocenters. The van der Waals surface area contributed by atoms with Gasteiger partial charge in [0, 0.05) is 16.8 Å². The van der Waals surface area contributed by atoms with E-state index in [1.165, 1.54) is 11.5 Å². The molecule has 3 aromatic carbocycles. The maximum Gasteiger partial charge on any atom is 0.240 e. The standard InChI is InChI=1S/C26H21NO5/c1-16(28)17-8-12-20(13-9-17)27-23(18-10-14-21(32-2)15-11-18)22(25(30)26(27)31)24(29)19-6-4-3-5-7-19/h3-15,30-31H,1-2H3. The van der Waals surface area contributed by atoms with E-state index in [4.69, 9.17) is 4.74 Å². The van der Waals surface area contributed by atoms with Crippen molar-refractivity contribution in [3.63, 3.8) is 0 Å². The Kier molecular flexibility index (Phi) is 5.52. The Bertz CT molecular complexity index is 1290. The number of ether oxygens (including phenoxy) is 1. The van der Waals surface area contributed by atoms with Crippen LogP contribution < -0.4 is 4.74 Å². The SMILES string of the molecule is COc1ccc(-c2c(C(=O)c3ccccc3)c(O)c(O)n2-c2ccc(C(C)=O)cc2)cc1. The number of carbonyl (C=O) groups excluding carboxylic acids is 2. The van der Waals surface area contributed by atoms with Crippen LogP contribution in [0.2, 0.25) is 0 Å². The highest BCUT2D eigenvalue weighted by Crippen LogP contribution is 2.44. The van der Waals surface area contributed by atoms with E-state index in [9.17, 15) is 19.8 Å². The zero-order chi connectivity index (χ0) is 22.8. The Morgan fingerprint density at radius 2 is 1.44 bits per heavy atom. The lowest BCUT2D eigenvalue weighted by atomic mass is 9.99. The van der Waals surface area contributed by atoms with Crippen molar-refractivity contribution < 1.29 is 24.5 Å². The number of benzene rings is 3. The lowest BCUT2D eigenvalue weighted by molar-refractivity contribution is 0.101. The third kappa shape index (κ3) is 3.63. The Hall–Kier alpha value is -4.32. The van der Waals surface area contributed by atoms with Crippen molar-refractivity contribution >= 4 is 11.6 Å². The summed E-state index contributed by atoms with van der Waals surface area (Å²) in [7, 11) is 1.55. The van der Waals surface area contributed by atoms with E-state index in [2.05, 4.69) is 0 Å². The molecule has 0 radical (unpaired) electrons. The van der Waals surface area contributed by atoms with Crippen LogP contribution in [0.4, 0.5) is 0 Å². The molecule has 0 aliphatic carbocycles. The summed E-state index contributed by atoms with van der Waals surface area (Å²) in [6, 6.07) is 22.1. The van der Waals surface area contributed by atoms with Gasteiger partial charge in [-0.3, -0.25) is 14.2 Å². The highest BCUT2D eigenvalue weighted by Gasteiger charge is 2.29. The van der Waals surface area contributed by atoms with Gasteiger partial charge in [0.25, 0.3) is 0 Å². The fourth-order valence-electron chi connectivity index (χ4n) is 3.62. The largest absolute Gasteiger partial charge is 0.503 e. The van der Waals surface area contributed by atoms with Crippen LogP contribution in [-0.4, -0.2) is 33.5 Å². The molecular formula is C26H21NO5. The Labute approximate surface area is 185 Å². The molecule has 4 aromatic rings. The maximum atomic E-state index is 13.4. The highest BCUT2D eigenvalue weighted by atomic mass is 16.5. The summed E-state index contributed by atoms with van der Waals surface area (Å²) in [6.07, 6.45) is 0. The summed E-state index contributed by atoms with van der Waals surface area (Å²) >= 11 is 0. The fraction of sp³-hybridized carbons (Fsp3) is 0.0769. The highest BCUT2D eigenvalue weighted by molar-refractivity contribution is 6.15. The van der Waals surface area contributed by atoms with Crippen LogP contribution in [0.3, 0.4) is 0 Å². The van der Waals surface area contributed by atoms with Crippen molar-refractivity contribution in [2.24, 2.45) is 0 Å². The Morgan fingerprint density at radius 3 is 2.00 bits per heavy atom. The average Bonchev–Trinajstić information content (AvgIpc) is 3.09. The number of ketones is 2. The lowest BCUT2D eigenvalue weighted by Gasteiger charge is -2.13. The number of methoxy groups -OCH3 is 1. The molecule has 0 aliphatic heterocycles. The Morgan fingerprint density at radius 1 is 0.812 bits per heavy atom. The van der Waals surface area contributed by atoms with Crippen LogP contribution in [-0.2, 0) is 0 Å².